The zero-order valence-electron chi connectivity index (χ0n) is 14.9. The van der Waals surface area contributed by atoms with Crippen molar-refractivity contribution < 1.29 is 13.2 Å². The maximum absolute atomic E-state index is 13.2. The maximum Gasteiger partial charge on any atom is 0.264 e. The Morgan fingerprint density at radius 2 is 1.88 bits per heavy atom. The van der Waals surface area contributed by atoms with Gasteiger partial charge in [-0.05, 0) is 37.1 Å². The van der Waals surface area contributed by atoms with Gasteiger partial charge in [0.05, 0.1) is 12.8 Å². The molecule has 0 radical (unpaired) electrons. The predicted octanol–water partition coefficient (Wildman–Crippen LogP) is 2.40. The number of nitrogens with zero attached hydrogens (tertiary/aromatic N) is 2. The number of sulfonamides is 1. The fourth-order valence-corrected chi connectivity index (χ4v) is 4.93. The highest BCUT2D eigenvalue weighted by Gasteiger charge is 2.31. The first-order valence-electron chi connectivity index (χ1n) is 8.65. The Bertz CT molecular complexity index is 913. The first-order valence-corrected chi connectivity index (χ1v) is 10.1. The lowest BCUT2D eigenvalue weighted by atomic mass is 9.96. The highest BCUT2D eigenvalue weighted by Crippen LogP contribution is 2.33. The van der Waals surface area contributed by atoms with Crippen LogP contribution in [0.15, 0.2) is 40.0 Å². The van der Waals surface area contributed by atoms with Crippen LogP contribution in [0, 0.1) is 0 Å². The van der Waals surface area contributed by atoms with Gasteiger partial charge in [0.1, 0.15) is 10.6 Å². The zero-order chi connectivity index (χ0) is 18.7. The minimum atomic E-state index is -3.71. The summed E-state index contributed by atoms with van der Waals surface area (Å²) < 4.78 is 33.2. The molecule has 8 heteroatoms. The minimum Gasteiger partial charge on any atom is -0.495 e. The zero-order valence-corrected chi connectivity index (χ0v) is 15.8. The molecule has 0 saturated heterocycles. The van der Waals surface area contributed by atoms with Crippen molar-refractivity contribution in [1.29, 1.82) is 0 Å². The number of benzene rings is 1. The van der Waals surface area contributed by atoms with Gasteiger partial charge in [0, 0.05) is 24.7 Å². The standard InChI is InChI=1S/C18H23N3O4S/c1-21(14-6-4-3-5-7-14)26(23,24)17-12-13(8-10-16(17)25-2)15-9-11-18(22)20-19-15/h8-12,14H,3-7H2,1-2H3,(H,20,22). The van der Waals surface area contributed by atoms with Gasteiger partial charge >= 0.3 is 0 Å². The first kappa shape index (κ1) is 18.6. The number of aromatic nitrogens is 2. The molecule has 140 valence electrons. The van der Waals surface area contributed by atoms with Crippen LogP contribution >= 0.6 is 0 Å². The summed E-state index contributed by atoms with van der Waals surface area (Å²) in [6.07, 6.45) is 4.99. The van der Waals surface area contributed by atoms with Crippen molar-refractivity contribution in [2.24, 2.45) is 0 Å². The van der Waals surface area contributed by atoms with Crippen LogP contribution in [-0.2, 0) is 10.0 Å². The summed E-state index contributed by atoms with van der Waals surface area (Å²) in [7, 11) is -0.626. The molecule has 3 rings (SSSR count). The highest BCUT2D eigenvalue weighted by molar-refractivity contribution is 7.89. The van der Waals surface area contributed by atoms with Crippen LogP contribution in [0.2, 0.25) is 0 Å². The molecule has 1 saturated carbocycles. The van der Waals surface area contributed by atoms with Crippen LogP contribution in [-0.4, -0.2) is 43.1 Å². The maximum atomic E-state index is 13.2. The Kier molecular flexibility index (Phi) is 5.43. The molecule has 1 aromatic heterocycles. The summed E-state index contributed by atoms with van der Waals surface area (Å²) >= 11 is 0. The molecular formula is C18H23N3O4S. The van der Waals surface area contributed by atoms with Gasteiger partial charge in [0.15, 0.2) is 0 Å². The number of H-pyrrole nitrogens is 1. The van der Waals surface area contributed by atoms with Gasteiger partial charge in [0.25, 0.3) is 5.56 Å². The summed E-state index contributed by atoms with van der Waals surface area (Å²) in [6, 6.07) is 7.81. The molecule has 0 atom stereocenters. The summed E-state index contributed by atoms with van der Waals surface area (Å²) in [5.41, 5.74) is 0.772. The molecule has 1 fully saturated rings. The number of aromatic amines is 1. The van der Waals surface area contributed by atoms with E-state index in [-0.39, 0.29) is 16.5 Å². The Morgan fingerprint density at radius 1 is 1.15 bits per heavy atom. The SMILES string of the molecule is COc1ccc(-c2ccc(=O)[nH]n2)cc1S(=O)(=O)N(C)C1CCCCC1. The van der Waals surface area contributed by atoms with E-state index in [2.05, 4.69) is 10.2 Å². The summed E-state index contributed by atoms with van der Waals surface area (Å²) in [4.78, 5) is 11.3. The average Bonchev–Trinajstić information content (AvgIpc) is 2.68. The lowest BCUT2D eigenvalue weighted by Gasteiger charge is -2.30. The molecule has 2 aromatic rings. The van der Waals surface area contributed by atoms with Crippen molar-refractivity contribution in [1.82, 2.24) is 14.5 Å². The normalized spacial score (nSPS) is 16.0. The Morgan fingerprint density at radius 3 is 2.50 bits per heavy atom. The molecule has 1 aliphatic carbocycles. The minimum absolute atomic E-state index is 0.00770. The van der Waals surface area contributed by atoms with Gasteiger partial charge in [0.2, 0.25) is 10.0 Å². The third-order valence-electron chi connectivity index (χ3n) is 4.88. The van der Waals surface area contributed by atoms with Crippen molar-refractivity contribution in [3.63, 3.8) is 0 Å². The number of ether oxygens (including phenoxy) is 1. The van der Waals surface area contributed by atoms with E-state index >= 15 is 0 Å². The molecule has 26 heavy (non-hydrogen) atoms. The molecule has 0 spiro atoms. The Labute approximate surface area is 153 Å². The van der Waals surface area contributed by atoms with E-state index in [1.54, 1.807) is 31.3 Å². The van der Waals surface area contributed by atoms with E-state index < -0.39 is 10.0 Å². The second kappa shape index (κ2) is 7.59. The number of hydrogen-bond acceptors (Lipinski definition) is 5. The molecule has 1 heterocycles. The molecule has 1 aromatic carbocycles. The predicted molar refractivity (Wildman–Crippen MR) is 98.7 cm³/mol. The number of hydrogen-bond donors (Lipinski definition) is 1. The van der Waals surface area contributed by atoms with E-state index in [9.17, 15) is 13.2 Å². The molecule has 0 amide bonds. The van der Waals surface area contributed by atoms with Gasteiger partial charge in [-0.2, -0.15) is 9.40 Å². The molecule has 7 nitrogen and oxygen atoms in total. The summed E-state index contributed by atoms with van der Waals surface area (Å²) in [6.45, 7) is 0. The van der Waals surface area contributed by atoms with Gasteiger partial charge in [-0.1, -0.05) is 19.3 Å². The second-order valence-electron chi connectivity index (χ2n) is 6.49. The molecule has 0 unspecified atom stereocenters. The van der Waals surface area contributed by atoms with Crippen LogP contribution in [0.4, 0.5) is 0 Å². The van der Waals surface area contributed by atoms with Crippen molar-refractivity contribution >= 4 is 10.0 Å². The fourth-order valence-electron chi connectivity index (χ4n) is 3.34. The van der Waals surface area contributed by atoms with Crippen molar-refractivity contribution in [3.8, 4) is 17.0 Å². The van der Waals surface area contributed by atoms with Gasteiger partial charge in [-0.25, -0.2) is 13.5 Å². The smallest absolute Gasteiger partial charge is 0.264 e. The van der Waals surface area contributed by atoms with E-state index in [0.717, 1.165) is 32.1 Å². The van der Waals surface area contributed by atoms with Crippen molar-refractivity contribution in [2.45, 2.75) is 43.0 Å². The molecule has 0 bridgehead atoms. The first-order chi connectivity index (χ1) is 12.4. The Balaban J connectivity index is 2.02. The second-order valence-corrected chi connectivity index (χ2v) is 8.45. The lowest BCUT2D eigenvalue weighted by molar-refractivity contribution is 0.284. The molecule has 1 aliphatic rings. The van der Waals surface area contributed by atoms with Crippen molar-refractivity contribution in [3.05, 3.63) is 40.7 Å². The monoisotopic (exact) mass is 377 g/mol. The average molecular weight is 377 g/mol. The molecular weight excluding hydrogens is 354 g/mol. The fraction of sp³-hybridized carbons (Fsp3) is 0.444. The van der Waals surface area contributed by atoms with Crippen molar-refractivity contribution in [2.75, 3.05) is 14.2 Å². The van der Waals surface area contributed by atoms with Crippen LogP contribution in [0.3, 0.4) is 0 Å². The van der Waals surface area contributed by atoms with Crippen LogP contribution in [0.25, 0.3) is 11.3 Å². The summed E-state index contributed by atoms with van der Waals surface area (Å²) in [5, 5.41) is 6.34. The van der Waals surface area contributed by atoms with Crippen LogP contribution < -0.4 is 10.3 Å². The lowest BCUT2D eigenvalue weighted by Crippen LogP contribution is -2.38. The largest absolute Gasteiger partial charge is 0.495 e. The van der Waals surface area contributed by atoms with Gasteiger partial charge in [-0.15, -0.1) is 0 Å². The highest BCUT2D eigenvalue weighted by atomic mass is 32.2. The van der Waals surface area contributed by atoms with Crippen LogP contribution in [0.1, 0.15) is 32.1 Å². The third-order valence-corrected chi connectivity index (χ3v) is 6.82. The quantitative estimate of drug-likeness (QED) is 0.864. The topological polar surface area (TPSA) is 92.4 Å². The molecule has 1 N–H and O–H groups in total. The van der Waals surface area contributed by atoms with Crippen LogP contribution in [0.5, 0.6) is 5.75 Å². The van der Waals surface area contributed by atoms with E-state index in [0.29, 0.717) is 17.0 Å². The van der Waals surface area contributed by atoms with E-state index in [4.69, 9.17) is 4.74 Å². The summed E-state index contributed by atoms with van der Waals surface area (Å²) in [5.74, 6) is 0.292. The third kappa shape index (κ3) is 3.66. The Hall–Kier alpha value is -2.19. The molecule has 0 aliphatic heterocycles. The number of nitrogens with one attached hydrogen (secondary N) is 1. The van der Waals surface area contributed by atoms with E-state index in [1.807, 2.05) is 0 Å². The number of methoxy groups -OCH3 is 1. The van der Waals surface area contributed by atoms with Gasteiger partial charge in [-0.3, -0.25) is 4.79 Å². The number of rotatable bonds is 5. The van der Waals surface area contributed by atoms with Gasteiger partial charge < -0.3 is 4.74 Å². The van der Waals surface area contributed by atoms with E-state index in [1.165, 1.54) is 17.5 Å².